The zero-order valence-electron chi connectivity index (χ0n) is 16.8. The third-order valence-electron chi connectivity index (χ3n) is 3.11. The minimum Gasteiger partial charge on any atom is -0.772 e. The van der Waals surface area contributed by atoms with Crippen LogP contribution in [0.3, 0.4) is 0 Å². The fourth-order valence-electron chi connectivity index (χ4n) is 1.28. The van der Waals surface area contributed by atoms with E-state index in [0.717, 1.165) is 21.6 Å². The van der Waals surface area contributed by atoms with Gasteiger partial charge in [0.25, 0.3) is 0 Å². The van der Waals surface area contributed by atoms with Crippen molar-refractivity contribution >= 4 is 38.6 Å². The van der Waals surface area contributed by atoms with Gasteiger partial charge in [-0.25, -0.2) is 0 Å². The zero-order chi connectivity index (χ0) is 20.8. The molecule has 25 heavy (non-hydrogen) atoms. The van der Waals surface area contributed by atoms with Gasteiger partial charge >= 0.3 is 52.5 Å². The quantitative estimate of drug-likeness (QED) is 0.304. The Balaban J connectivity index is -0.000000123. The average Bonchev–Trinajstić information content (AvgIpc) is 2.57. The summed E-state index contributed by atoms with van der Waals surface area (Å²) in [5.41, 5.74) is 0. The fourth-order valence-corrected chi connectivity index (χ4v) is 3.85. The predicted molar refractivity (Wildman–Crippen MR) is 110 cm³/mol. The maximum atomic E-state index is 10.7. The Morgan fingerprint density at radius 1 is 0.880 bits per heavy atom. The molecule has 0 heterocycles. The molecule has 0 rings (SSSR count). The first-order valence-corrected chi connectivity index (χ1v) is 15.4. The zero-order valence-corrected chi connectivity index (χ0v) is 20.6. The molecule has 2 N–H and O–H groups in total. The summed E-state index contributed by atoms with van der Waals surface area (Å²) in [5.74, 6) is 0. The second-order valence-electron chi connectivity index (χ2n) is 5.28. The van der Waals surface area contributed by atoms with Gasteiger partial charge in [-0.1, -0.05) is 27.7 Å². The molecule has 0 bridgehead atoms. The van der Waals surface area contributed by atoms with Gasteiger partial charge in [0.1, 0.15) is 0 Å². The smallest absolute Gasteiger partial charge is 0.200 e. The van der Waals surface area contributed by atoms with E-state index in [1.54, 1.807) is 20.8 Å². The summed E-state index contributed by atoms with van der Waals surface area (Å²) in [6, 6.07) is 0. The van der Waals surface area contributed by atoms with Gasteiger partial charge < -0.3 is 14.7 Å². The summed E-state index contributed by atoms with van der Waals surface area (Å²) in [7, 11) is -6.41. The van der Waals surface area contributed by atoms with E-state index in [9.17, 15) is 9.13 Å². The molecule has 0 radical (unpaired) electrons. The van der Waals surface area contributed by atoms with E-state index in [2.05, 4.69) is 13.8 Å². The molecule has 1 unspecified atom stereocenters. The molecule has 0 amide bonds. The van der Waals surface area contributed by atoms with Gasteiger partial charge in [0.05, 0.1) is 8.69 Å². The van der Waals surface area contributed by atoms with Crippen molar-refractivity contribution in [3.8, 4) is 0 Å². The van der Waals surface area contributed by atoms with Crippen LogP contribution in [-0.2, 0) is 13.7 Å². The standard InChI is InChI=1S/C5H13O2P.C4H11O2P.C4H9.C2H5.Al.HO2P/c1-3-5-8(6,7)4-2;1-3-7(5,6)4-2;1-3-4-2;1-2;;1-3-2/h3-5H2,1-2H3,(H,6,7);3-4H2,1-2H3,(H,5,6);1,3-4H2,2H3;1H2,2H3;;(H,1,2)/q;;;;+1;/p-1. The van der Waals surface area contributed by atoms with Gasteiger partial charge in [0.2, 0.25) is 0 Å². The molecule has 0 spiro atoms. The van der Waals surface area contributed by atoms with Crippen LogP contribution in [0.1, 0.15) is 60.8 Å². The Bertz CT molecular complexity index is 344. The molecule has 0 aliphatic carbocycles. The molecule has 10 heteroatoms. The molecule has 0 saturated carbocycles. The Morgan fingerprint density at radius 2 is 1.28 bits per heavy atom. The van der Waals surface area contributed by atoms with Gasteiger partial charge in [-0.3, -0.25) is 13.7 Å². The van der Waals surface area contributed by atoms with Crippen LogP contribution in [0.4, 0.5) is 0 Å². The Hall–Kier alpha value is 0.972. The molecule has 0 aromatic carbocycles. The van der Waals surface area contributed by atoms with Crippen molar-refractivity contribution in [2.24, 2.45) is 0 Å². The van der Waals surface area contributed by atoms with Gasteiger partial charge in [-0.05, 0) is 6.42 Å². The number of hydrogen-bond acceptors (Lipinski definition) is 4. The first-order valence-electron chi connectivity index (χ1n) is 8.95. The van der Waals surface area contributed by atoms with E-state index in [1.165, 1.54) is 23.4 Å². The Morgan fingerprint density at radius 3 is 1.44 bits per heavy atom. The van der Waals surface area contributed by atoms with Crippen LogP contribution in [0, 0.1) is 0 Å². The van der Waals surface area contributed by atoms with E-state index < -0.39 is 23.4 Å². The third kappa shape index (κ3) is 40.8. The third-order valence-corrected chi connectivity index (χ3v) is 8.61. The molecule has 0 aliphatic rings. The molecule has 0 aromatic heterocycles. The Labute approximate surface area is 163 Å². The van der Waals surface area contributed by atoms with Gasteiger partial charge in [0, 0.05) is 24.6 Å². The van der Waals surface area contributed by atoms with E-state index >= 15 is 0 Å². The molecule has 1 atom stereocenters. The molecular weight excluding hydrogens is 396 g/mol. The van der Waals surface area contributed by atoms with E-state index in [4.69, 9.17) is 19.2 Å². The van der Waals surface area contributed by atoms with Crippen LogP contribution in [0.25, 0.3) is 0 Å². The molecule has 0 saturated heterocycles. The van der Waals surface area contributed by atoms with Crippen molar-refractivity contribution in [1.82, 2.24) is 0 Å². The minimum atomic E-state index is -2.67. The maximum Gasteiger partial charge on any atom is 0.200 e. The first kappa shape index (κ1) is 33.5. The summed E-state index contributed by atoms with van der Waals surface area (Å²) in [6.07, 6.45) is 5.36. The van der Waals surface area contributed by atoms with Crippen LogP contribution in [-0.4, -0.2) is 49.7 Å². The van der Waals surface area contributed by atoms with Crippen molar-refractivity contribution in [2.45, 2.75) is 71.4 Å². The fraction of sp³-hybridized carbons (Fsp3) is 1.00. The van der Waals surface area contributed by atoms with Crippen LogP contribution < -0.4 is 4.89 Å². The first-order chi connectivity index (χ1) is 11.6. The number of hydrogen-bond donors (Lipinski definition) is 2. The van der Waals surface area contributed by atoms with Crippen LogP contribution in [0.2, 0.25) is 10.6 Å². The summed E-state index contributed by atoms with van der Waals surface area (Å²) >= 11 is 0.816. The van der Waals surface area contributed by atoms with Crippen LogP contribution in [0.15, 0.2) is 0 Å². The summed E-state index contributed by atoms with van der Waals surface area (Å²) in [5, 5.41) is 2.97. The topological polar surface area (TPSA) is 115 Å². The second kappa shape index (κ2) is 25.0. The van der Waals surface area contributed by atoms with E-state index in [1.807, 2.05) is 6.92 Å². The molecule has 6 nitrogen and oxygen atoms in total. The maximum absolute atomic E-state index is 10.7. The normalized spacial score (nSPS) is 12.2. The molecule has 0 aliphatic heterocycles. The predicted octanol–water partition coefficient (Wildman–Crippen LogP) is 4.88. The Kier molecular flexibility index (Phi) is 33.5. The average molecular weight is 434 g/mol. The summed E-state index contributed by atoms with van der Waals surface area (Å²) in [4.78, 5) is 25.9. The largest absolute Gasteiger partial charge is 0.772 e. The van der Waals surface area contributed by atoms with Gasteiger partial charge in [-0.2, -0.15) is 0 Å². The molecule has 0 aromatic rings. The van der Waals surface area contributed by atoms with Gasteiger partial charge in [-0.15, -0.1) is 0 Å². The SMILES string of the molecule is CCCP(=O)(O)CC.CCC[CH2][Al+][CH2]C.CCP(=O)(O)CC.O=P[O-]. The number of rotatable bonds is 9. The minimum absolute atomic E-state index is 0.406. The van der Waals surface area contributed by atoms with Crippen molar-refractivity contribution in [2.75, 3.05) is 24.6 Å². The second-order valence-corrected chi connectivity index (χ2v) is 13.1. The van der Waals surface area contributed by atoms with Crippen LogP contribution in [0.5, 0.6) is 0 Å². The summed E-state index contributed by atoms with van der Waals surface area (Å²) in [6.45, 7) is 11.7. The van der Waals surface area contributed by atoms with E-state index in [0.29, 0.717) is 24.6 Å². The van der Waals surface area contributed by atoms with Gasteiger partial charge in [0.15, 0.2) is 14.7 Å². The van der Waals surface area contributed by atoms with Crippen LogP contribution >= 0.6 is 23.4 Å². The number of unbranched alkanes of at least 4 members (excludes halogenated alkanes) is 1. The summed E-state index contributed by atoms with van der Waals surface area (Å²) < 4.78 is 29.6. The molecule has 0 fully saturated rings. The van der Waals surface area contributed by atoms with Crippen molar-refractivity contribution in [3.05, 3.63) is 0 Å². The van der Waals surface area contributed by atoms with E-state index in [-0.39, 0.29) is 0 Å². The monoisotopic (exact) mass is 434 g/mol. The molecular formula is C15H38AlO6P3. The van der Waals surface area contributed by atoms with Crippen molar-refractivity contribution in [3.63, 3.8) is 0 Å². The van der Waals surface area contributed by atoms with Crippen molar-refractivity contribution in [1.29, 1.82) is 0 Å². The van der Waals surface area contributed by atoms with Crippen molar-refractivity contribution < 1.29 is 28.4 Å². The molecule has 152 valence electrons.